The van der Waals surface area contributed by atoms with Crippen molar-refractivity contribution in [2.75, 3.05) is 4.90 Å². The Bertz CT molecular complexity index is 1100. The number of thiazole rings is 1. The molecule has 0 aliphatic carbocycles. The number of aromatic nitrogens is 1. The Morgan fingerprint density at radius 1 is 1.21 bits per heavy atom. The van der Waals surface area contributed by atoms with E-state index in [-0.39, 0.29) is 5.57 Å². The molecule has 1 aliphatic rings. The Morgan fingerprint density at radius 3 is 2.61 bits per heavy atom. The fourth-order valence-corrected chi connectivity index (χ4v) is 4.33. The summed E-state index contributed by atoms with van der Waals surface area (Å²) in [5.74, 6) is -1.66. The van der Waals surface area contributed by atoms with Crippen molar-refractivity contribution in [2.24, 2.45) is 0 Å². The van der Waals surface area contributed by atoms with Gasteiger partial charge in [0.1, 0.15) is 0 Å². The average molecular weight is 476 g/mol. The molecule has 1 aliphatic heterocycles. The van der Waals surface area contributed by atoms with Gasteiger partial charge in [-0.1, -0.05) is 39.7 Å². The first-order valence-electron chi connectivity index (χ1n) is 8.19. The highest BCUT2D eigenvalue weighted by Gasteiger charge is 2.45. The van der Waals surface area contributed by atoms with Crippen LogP contribution in [0.15, 0.2) is 75.9 Å². The summed E-state index contributed by atoms with van der Waals surface area (Å²) in [5.41, 5.74) is 1.03. The van der Waals surface area contributed by atoms with Crippen LogP contribution in [0.4, 0.5) is 5.13 Å². The molecular weight excluding hydrogens is 464 g/mol. The van der Waals surface area contributed by atoms with Gasteiger partial charge >= 0.3 is 0 Å². The Labute approximate surface area is 178 Å². The third-order valence-electron chi connectivity index (χ3n) is 4.35. The number of hydrogen-bond acceptors (Lipinski definition) is 5. The first kappa shape index (κ1) is 18.9. The minimum atomic E-state index is -0.792. The van der Waals surface area contributed by atoms with Gasteiger partial charge in [0.2, 0.25) is 0 Å². The summed E-state index contributed by atoms with van der Waals surface area (Å²) in [4.78, 5) is 31.7. The van der Waals surface area contributed by atoms with E-state index in [1.54, 1.807) is 41.9 Å². The van der Waals surface area contributed by atoms with E-state index in [9.17, 15) is 14.7 Å². The fourth-order valence-electron chi connectivity index (χ4n) is 3.12. The van der Waals surface area contributed by atoms with Crippen LogP contribution in [0, 0.1) is 0 Å². The van der Waals surface area contributed by atoms with Crippen LogP contribution in [0.1, 0.15) is 22.0 Å². The summed E-state index contributed by atoms with van der Waals surface area (Å²) in [5, 5.41) is 13.2. The van der Waals surface area contributed by atoms with Crippen LogP contribution in [0.5, 0.6) is 0 Å². The van der Waals surface area contributed by atoms with Crippen LogP contribution < -0.4 is 4.90 Å². The molecule has 1 aromatic heterocycles. The molecule has 1 unspecified atom stereocenters. The van der Waals surface area contributed by atoms with E-state index in [1.165, 1.54) is 16.2 Å². The van der Waals surface area contributed by atoms with E-state index in [4.69, 9.17) is 11.6 Å². The predicted octanol–water partition coefficient (Wildman–Crippen LogP) is 5.34. The number of hydrogen-bond donors (Lipinski definition) is 1. The number of rotatable bonds is 4. The van der Waals surface area contributed by atoms with Crippen LogP contribution in [0.3, 0.4) is 0 Å². The maximum absolute atomic E-state index is 13.2. The van der Waals surface area contributed by atoms with Crippen molar-refractivity contribution in [2.45, 2.75) is 6.04 Å². The molecule has 4 rings (SSSR count). The van der Waals surface area contributed by atoms with Crippen molar-refractivity contribution in [1.29, 1.82) is 0 Å². The van der Waals surface area contributed by atoms with Crippen LogP contribution in [0.2, 0.25) is 5.02 Å². The van der Waals surface area contributed by atoms with Gasteiger partial charge in [-0.25, -0.2) is 4.98 Å². The minimum Gasteiger partial charge on any atom is -0.503 e. The van der Waals surface area contributed by atoms with Gasteiger partial charge in [-0.2, -0.15) is 0 Å². The van der Waals surface area contributed by atoms with E-state index < -0.39 is 23.5 Å². The second kappa shape index (κ2) is 7.50. The van der Waals surface area contributed by atoms with Crippen molar-refractivity contribution in [3.63, 3.8) is 0 Å². The molecular formula is C20H12BrClN2O3S. The highest BCUT2D eigenvalue weighted by Crippen LogP contribution is 2.42. The molecule has 2 aromatic carbocycles. The van der Waals surface area contributed by atoms with E-state index in [0.717, 1.165) is 4.47 Å². The third kappa shape index (κ3) is 3.26. The van der Waals surface area contributed by atoms with E-state index in [1.807, 2.05) is 18.2 Å². The lowest BCUT2D eigenvalue weighted by Gasteiger charge is -2.24. The molecule has 0 radical (unpaired) electrons. The number of nitrogens with zero attached hydrogens (tertiary/aromatic N) is 2. The van der Waals surface area contributed by atoms with Crippen LogP contribution >= 0.6 is 38.9 Å². The number of aliphatic hydroxyl groups excluding tert-OH is 1. The lowest BCUT2D eigenvalue weighted by Crippen LogP contribution is -2.30. The van der Waals surface area contributed by atoms with Crippen molar-refractivity contribution in [3.8, 4) is 0 Å². The van der Waals surface area contributed by atoms with E-state index in [0.29, 0.717) is 21.3 Å². The molecule has 1 N–H and O–H groups in total. The molecule has 3 aromatic rings. The Kier molecular flexibility index (Phi) is 5.05. The molecule has 0 bridgehead atoms. The highest BCUT2D eigenvalue weighted by molar-refractivity contribution is 9.10. The zero-order chi connectivity index (χ0) is 19.8. The first-order valence-corrected chi connectivity index (χ1v) is 10.2. The number of aliphatic hydroxyl groups is 1. The van der Waals surface area contributed by atoms with E-state index >= 15 is 0 Å². The van der Waals surface area contributed by atoms with Gasteiger partial charge in [0.25, 0.3) is 5.91 Å². The molecule has 8 heteroatoms. The van der Waals surface area contributed by atoms with Gasteiger partial charge in [0.15, 0.2) is 16.7 Å². The largest absolute Gasteiger partial charge is 0.503 e. The molecule has 0 spiro atoms. The van der Waals surface area contributed by atoms with Crippen LogP contribution in [-0.2, 0) is 4.79 Å². The summed E-state index contributed by atoms with van der Waals surface area (Å²) in [6, 6.07) is 12.8. The quantitative estimate of drug-likeness (QED) is 0.517. The van der Waals surface area contributed by atoms with Gasteiger partial charge in [-0.05, 0) is 42.0 Å². The summed E-state index contributed by atoms with van der Waals surface area (Å²) in [7, 11) is 0. The van der Waals surface area contributed by atoms with Crippen molar-refractivity contribution in [1.82, 2.24) is 4.98 Å². The molecule has 140 valence electrons. The number of Topliss-reactive ketones (excluding diaryl/α,β-unsaturated/α-hetero) is 1. The van der Waals surface area contributed by atoms with Gasteiger partial charge in [-0.15, -0.1) is 11.3 Å². The van der Waals surface area contributed by atoms with Gasteiger partial charge in [-0.3, -0.25) is 14.5 Å². The van der Waals surface area contributed by atoms with Crippen molar-refractivity contribution < 1.29 is 14.7 Å². The fraction of sp³-hybridized carbons (Fsp3) is 0.0500. The number of ketones is 1. The topological polar surface area (TPSA) is 70.5 Å². The number of anilines is 1. The lowest BCUT2D eigenvalue weighted by atomic mass is 9.93. The molecule has 1 atom stereocenters. The monoisotopic (exact) mass is 474 g/mol. The molecule has 28 heavy (non-hydrogen) atoms. The summed E-state index contributed by atoms with van der Waals surface area (Å²) >= 11 is 10.6. The summed E-state index contributed by atoms with van der Waals surface area (Å²) < 4.78 is 0.793. The Hall–Kier alpha value is -2.48. The minimum absolute atomic E-state index is 0.0145. The highest BCUT2D eigenvalue weighted by atomic mass is 79.9. The average Bonchev–Trinajstić information content (AvgIpc) is 3.29. The molecule has 2 heterocycles. The zero-order valence-electron chi connectivity index (χ0n) is 14.2. The number of carbonyl (C=O) groups excluding carboxylic acids is 2. The second-order valence-corrected chi connectivity index (χ2v) is 8.27. The molecule has 5 nitrogen and oxygen atoms in total. The first-order chi connectivity index (χ1) is 13.5. The maximum atomic E-state index is 13.2. The van der Waals surface area contributed by atoms with Crippen LogP contribution in [-0.4, -0.2) is 21.8 Å². The number of halogens is 2. The maximum Gasteiger partial charge on any atom is 0.296 e. The molecule has 0 fully saturated rings. The Morgan fingerprint density at radius 2 is 1.96 bits per heavy atom. The van der Waals surface area contributed by atoms with Crippen molar-refractivity contribution >= 4 is 55.7 Å². The summed E-state index contributed by atoms with van der Waals surface area (Å²) in [6.45, 7) is 0. The van der Waals surface area contributed by atoms with Gasteiger partial charge in [0.05, 0.1) is 11.6 Å². The lowest BCUT2D eigenvalue weighted by molar-refractivity contribution is -0.117. The normalized spacial score (nSPS) is 16.7. The summed E-state index contributed by atoms with van der Waals surface area (Å²) in [6.07, 6.45) is 1.57. The zero-order valence-corrected chi connectivity index (χ0v) is 17.3. The number of amides is 1. The molecule has 0 saturated heterocycles. The van der Waals surface area contributed by atoms with Crippen molar-refractivity contribution in [3.05, 3.63) is 92.1 Å². The number of benzene rings is 2. The van der Waals surface area contributed by atoms with Gasteiger partial charge in [0, 0.05) is 26.6 Å². The molecule has 0 saturated carbocycles. The predicted molar refractivity (Wildman–Crippen MR) is 112 cm³/mol. The van der Waals surface area contributed by atoms with Crippen LogP contribution in [0.25, 0.3) is 0 Å². The van der Waals surface area contributed by atoms with Gasteiger partial charge < -0.3 is 5.11 Å². The number of carbonyl (C=O) groups is 2. The second-order valence-electron chi connectivity index (χ2n) is 6.05. The molecule has 1 amide bonds. The van der Waals surface area contributed by atoms with E-state index in [2.05, 4.69) is 20.9 Å². The SMILES string of the molecule is O=C(C1=C(O)C(=O)N(c2nccs2)C1c1cccc(Br)c1)c1ccc(Cl)cc1. The smallest absolute Gasteiger partial charge is 0.296 e. The third-order valence-corrected chi connectivity index (χ3v) is 5.86. The standard InChI is InChI=1S/C20H12BrClN2O3S/c21-13-3-1-2-12(10-13)16-15(17(25)11-4-6-14(22)7-5-11)18(26)19(27)24(16)20-23-8-9-28-20/h1-10,16,26H. The Balaban J connectivity index is 1.87.